The molecule has 0 unspecified atom stereocenters. The monoisotopic (exact) mass is 420 g/mol. The third-order valence-corrected chi connectivity index (χ3v) is 5.85. The second-order valence-electron chi connectivity index (χ2n) is 7.02. The lowest BCUT2D eigenvalue weighted by atomic mass is 10.1. The summed E-state index contributed by atoms with van der Waals surface area (Å²) in [6.45, 7) is 6.93. The van der Waals surface area contributed by atoms with Gasteiger partial charge in [0.1, 0.15) is 11.5 Å². The molecule has 0 aliphatic heterocycles. The molecule has 0 spiro atoms. The largest absolute Gasteiger partial charge is 0.496 e. The second kappa shape index (κ2) is 9.76. The molecule has 2 N–H and O–H groups in total. The minimum Gasteiger partial charge on any atom is -0.496 e. The number of para-hydroxylation sites is 1. The van der Waals surface area contributed by atoms with Gasteiger partial charge < -0.3 is 14.8 Å². The summed E-state index contributed by atoms with van der Waals surface area (Å²) in [6.07, 6.45) is 0. The van der Waals surface area contributed by atoms with E-state index < -0.39 is 10.0 Å². The van der Waals surface area contributed by atoms with Crippen LogP contribution in [0.25, 0.3) is 0 Å². The number of methoxy groups -OCH3 is 1. The number of amides is 1. The summed E-state index contributed by atoms with van der Waals surface area (Å²) in [5.74, 6) is 0.860. The third-order valence-electron chi connectivity index (χ3n) is 4.19. The van der Waals surface area contributed by atoms with Gasteiger partial charge in [0.05, 0.1) is 18.0 Å². The van der Waals surface area contributed by atoms with Crippen molar-refractivity contribution in [2.75, 3.05) is 13.7 Å². The van der Waals surface area contributed by atoms with E-state index in [1.165, 1.54) is 12.1 Å². The number of ether oxygens (including phenoxy) is 2. The van der Waals surface area contributed by atoms with Crippen LogP contribution in [0.2, 0.25) is 0 Å². The van der Waals surface area contributed by atoms with Crippen LogP contribution in [0, 0.1) is 6.92 Å². The molecule has 29 heavy (non-hydrogen) atoms. The summed E-state index contributed by atoms with van der Waals surface area (Å²) in [6, 6.07) is 11.6. The number of sulfonamides is 1. The molecule has 1 amide bonds. The zero-order valence-electron chi connectivity index (χ0n) is 17.4. The maximum Gasteiger partial charge on any atom is 0.258 e. The number of carbonyl (C=O) groups excluding carboxylic acids is 1. The minimum absolute atomic E-state index is 0.158. The van der Waals surface area contributed by atoms with E-state index in [0.717, 1.165) is 5.56 Å². The fourth-order valence-corrected chi connectivity index (χ4v) is 4.19. The fourth-order valence-electron chi connectivity index (χ4n) is 2.86. The van der Waals surface area contributed by atoms with Crippen LogP contribution in [0.5, 0.6) is 11.5 Å². The quantitative estimate of drug-likeness (QED) is 0.651. The van der Waals surface area contributed by atoms with E-state index in [9.17, 15) is 13.2 Å². The lowest BCUT2D eigenvalue weighted by Crippen LogP contribution is -2.31. The van der Waals surface area contributed by atoms with Gasteiger partial charge in [-0.25, -0.2) is 13.1 Å². The summed E-state index contributed by atoms with van der Waals surface area (Å²) < 4.78 is 37.9. The number of hydrogen-bond donors (Lipinski definition) is 2. The van der Waals surface area contributed by atoms with Gasteiger partial charge in [-0.1, -0.05) is 18.2 Å². The Morgan fingerprint density at radius 2 is 1.76 bits per heavy atom. The zero-order chi connectivity index (χ0) is 21.6. The van der Waals surface area contributed by atoms with Crippen LogP contribution >= 0.6 is 0 Å². The van der Waals surface area contributed by atoms with E-state index >= 15 is 0 Å². The molecule has 0 aromatic heterocycles. The molecule has 0 aliphatic rings. The van der Waals surface area contributed by atoms with Crippen molar-refractivity contribution in [3.05, 3.63) is 53.6 Å². The van der Waals surface area contributed by atoms with Crippen molar-refractivity contribution in [1.82, 2.24) is 10.0 Å². The Balaban J connectivity index is 2.00. The van der Waals surface area contributed by atoms with E-state index in [0.29, 0.717) is 17.1 Å². The SMILES string of the molecule is COc1ccccc1[C@@H](C)NC(=O)COc1ccc(S(=O)(=O)NC(C)C)cc1C. The predicted octanol–water partition coefficient (Wildman–Crippen LogP) is 2.95. The molecule has 8 heteroatoms. The first kappa shape index (κ1) is 22.7. The van der Waals surface area contributed by atoms with Crippen LogP contribution in [0.4, 0.5) is 0 Å². The second-order valence-corrected chi connectivity index (χ2v) is 8.74. The standard InChI is InChI=1S/C21H28N2O5S/c1-14(2)23-29(25,26)17-10-11-19(15(3)12-17)28-13-21(24)22-16(4)18-8-6-7-9-20(18)27-5/h6-12,14,16,23H,13H2,1-5H3,(H,22,24)/t16-/m1/s1. The van der Waals surface area contributed by atoms with E-state index in [1.807, 2.05) is 31.2 Å². The van der Waals surface area contributed by atoms with Crippen molar-refractivity contribution in [3.8, 4) is 11.5 Å². The number of rotatable bonds is 9. The van der Waals surface area contributed by atoms with Crippen LogP contribution in [-0.2, 0) is 14.8 Å². The molecule has 2 aromatic carbocycles. The number of carbonyl (C=O) groups is 1. The van der Waals surface area contributed by atoms with Crippen LogP contribution < -0.4 is 19.5 Å². The van der Waals surface area contributed by atoms with Crippen molar-refractivity contribution < 1.29 is 22.7 Å². The molecule has 158 valence electrons. The van der Waals surface area contributed by atoms with Crippen molar-refractivity contribution in [3.63, 3.8) is 0 Å². The summed E-state index contributed by atoms with van der Waals surface area (Å²) in [7, 11) is -2.00. The van der Waals surface area contributed by atoms with Gasteiger partial charge in [0, 0.05) is 11.6 Å². The summed E-state index contributed by atoms with van der Waals surface area (Å²) in [4.78, 5) is 12.4. The maximum atomic E-state index is 12.3. The van der Waals surface area contributed by atoms with Gasteiger partial charge in [-0.2, -0.15) is 0 Å². The number of aryl methyl sites for hydroxylation is 1. The highest BCUT2D eigenvalue weighted by Crippen LogP contribution is 2.25. The van der Waals surface area contributed by atoms with E-state index in [4.69, 9.17) is 9.47 Å². The highest BCUT2D eigenvalue weighted by molar-refractivity contribution is 7.89. The Morgan fingerprint density at radius 3 is 2.38 bits per heavy atom. The van der Waals surface area contributed by atoms with Gasteiger partial charge in [-0.05, 0) is 57.5 Å². The molecule has 0 bridgehead atoms. The number of nitrogens with one attached hydrogen (secondary N) is 2. The van der Waals surface area contributed by atoms with Gasteiger partial charge in [0.25, 0.3) is 5.91 Å². The fraction of sp³-hybridized carbons (Fsp3) is 0.381. The first-order valence-corrected chi connectivity index (χ1v) is 10.8. The van der Waals surface area contributed by atoms with Crippen molar-refractivity contribution in [1.29, 1.82) is 0 Å². The van der Waals surface area contributed by atoms with Crippen LogP contribution in [0.15, 0.2) is 47.4 Å². The Labute approximate surface area is 172 Å². The Bertz CT molecular complexity index is 957. The smallest absolute Gasteiger partial charge is 0.258 e. The average molecular weight is 421 g/mol. The molecule has 2 aromatic rings. The highest BCUT2D eigenvalue weighted by Gasteiger charge is 2.18. The van der Waals surface area contributed by atoms with Crippen molar-refractivity contribution in [2.24, 2.45) is 0 Å². The van der Waals surface area contributed by atoms with Crippen LogP contribution in [0.3, 0.4) is 0 Å². The Kier molecular flexibility index (Phi) is 7.64. The molecule has 0 fully saturated rings. The lowest BCUT2D eigenvalue weighted by molar-refractivity contribution is -0.123. The van der Waals surface area contributed by atoms with Crippen molar-refractivity contribution >= 4 is 15.9 Å². The predicted molar refractivity (Wildman–Crippen MR) is 112 cm³/mol. The van der Waals surface area contributed by atoms with Gasteiger partial charge in [0.2, 0.25) is 10.0 Å². The molecule has 0 radical (unpaired) electrons. The first-order chi connectivity index (χ1) is 13.6. The topological polar surface area (TPSA) is 93.7 Å². The molecule has 2 rings (SSSR count). The molecule has 0 heterocycles. The molecule has 1 atom stereocenters. The minimum atomic E-state index is -3.58. The molecule has 7 nitrogen and oxygen atoms in total. The summed E-state index contributed by atoms with van der Waals surface area (Å²) >= 11 is 0. The molecular formula is C21H28N2O5S. The van der Waals surface area contributed by atoms with E-state index in [2.05, 4.69) is 10.0 Å². The van der Waals surface area contributed by atoms with E-state index in [-0.39, 0.29) is 29.5 Å². The third kappa shape index (κ3) is 6.20. The molecule has 0 aliphatic carbocycles. The molecular weight excluding hydrogens is 392 g/mol. The van der Waals surface area contributed by atoms with Crippen LogP contribution in [0.1, 0.15) is 37.9 Å². The maximum absolute atomic E-state index is 12.3. The number of hydrogen-bond acceptors (Lipinski definition) is 5. The average Bonchev–Trinajstić information content (AvgIpc) is 2.65. The molecule has 0 saturated carbocycles. The van der Waals surface area contributed by atoms with Gasteiger partial charge in [-0.15, -0.1) is 0 Å². The number of benzene rings is 2. The lowest BCUT2D eigenvalue weighted by Gasteiger charge is -2.18. The van der Waals surface area contributed by atoms with Gasteiger partial charge >= 0.3 is 0 Å². The van der Waals surface area contributed by atoms with Gasteiger partial charge in [-0.3, -0.25) is 4.79 Å². The van der Waals surface area contributed by atoms with Gasteiger partial charge in [0.15, 0.2) is 6.61 Å². The van der Waals surface area contributed by atoms with Crippen LogP contribution in [-0.4, -0.2) is 34.1 Å². The first-order valence-electron chi connectivity index (χ1n) is 9.32. The summed E-state index contributed by atoms with van der Waals surface area (Å²) in [5.41, 5.74) is 1.49. The Hall–Kier alpha value is -2.58. The van der Waals surface area contributed by atoms with E-state index in [1.54, 1.807) is 33.9 Å². The normalized spacial score (nSPS) is 12.5. The summed E-state index contributed by atoms with van der Waals surface area (Å²) in [5, 5.41) is 2.87. The Morgan fingerprint density at radius 1 is 1.07 bits per heavy atom. The van der Waals surface area contributed by atoms with Crippen molar-refractivity contribution in [2.45, 2.75) is 44.7 Å². The molecule has 0 saturated heterocycles. The zero-order valence-corrected chi connectivity index (χ0v) is 18.2. The highest BCUT2D eigenvalue weighted by atomic mass is 32.2.